The normalized spacial score (nSPS) is 13.4. The van der Waals surface area contributed by atoms with Crippen LogP contribution in [-0.2, 0) is 0 Å². The molecule has 0 aliphatic carbocycles. The molecule has 0 aromatic heterocycles. The third-order valence-electron chi connectivity index (χ3n) is 2.44. The van der Waals surface area contributed by atoms with E-state index in [1.165, 1.54) is 36.0 Å². The molecule has 0 radical (unpaired) electrons. The Labute approximate surface area is 137 Å². The van der Waals surface area contributed by atoms with Crippen molar-refractivity contribution in [2.45, 2.75) is 6.92 Å². The van der Waals surface area contributed by atoms with Crippen LogP contribution in [0.15, 0.2) is 32.5 Å². The molecule has 22 heavy (non-hydrogen) atoms. The third-order valence-corrected chi connectivity index (χ3v) is 3.44. The summed E-state index contributed by atoms with van der Waals surface area (Å²) in [7, 11) is 0. The van der Waals surface area contributed by atoms with Crippen molar-refractivity contribution in [1.29, 1.82) is 0 Å². The third kappa shape index (κ3) is 5.78. The van der Waals surface area contributed by atoms with E-state index in [0.717, 1.165) is 5.56 Å². The molecule has 5 N–H and O–H groups in total. The fourth-order valence-electron chi connectivity index (χ4n) is 1.41. The number of benzene rings is 1. The van der Waals surface area contributed by atoms with Crippen LogP contribution in [0.5, 0.6) is 5.75 Å². The van der Waals surface area contributed by atoms with Gasteiger partial charge in [-0.15, -0.1) is 10.2 Å². The van der Waals surface area contributed by atoms with E-state index in [1.54, 1.807) is 24.6 Å². The predicted molar refractivity (Wildman–Crippen MR) is 98.3 cm³/mol. The number of aromatic hydroxyl groups is 1. The summed E-state index contributed by atoms with van der Waals surface area (Å²) in [6.07, 6.45) is 6.46. The number of rotatable bonds is 4. The number of hydrogen-bond donors (Lipinski definition) is 3. The molecule has 0 saturated heterocycles. The van der Waals surface area contributed by atoms with Gasteiger partial charge in [-0.25, -0.2) is 0 Å². The van der Waals surface area contributed by atoms with Crippen LogP contribution in [0.2, 0.25) is 0 Å². The van der Waals surface area contributed by atoms with Gasteiger partial charge in [0, 0.05) is 11.1 Å². The van der Waals surface area contributed by atoms with E-state index >= 15 is 0 Å². The Kier molecular flexibility index (Phi) is 7.47. The average molecular weight is 338 g/mol. The highest BCUT2D eigenvalue weighted by atomic mass is 32.2. The van der Waals surface area contributed by atoms with E-state index in [-0.39, 0.29) is 5.75 Å². The van der Waals surface area contributed by atoms with E-state index in [0.29, 0.717) is 21.5 Å². The zero-order chi connectivity index (χ0) is 16.5. The molecule has 1 rings (SSSR count). The summed E-state index contributed by atoms with van der Waals surface area (Å²) in [5.41, 5.74) is 13.0. The lowest BCUT2D eigenvalue weighted by atomic mass is 10.1. The number of nitrogens with zero attached hydrogens (tertiary/aromatic N) is 4. The molecule has 118 valence electrons. The summed E-state index contributed by atoms with van der Waals surface area (Å²) >= 11 is 2.58. The minimum absolute atomic E-state index is 0.0361. The topological polar surface area (TPSA) is 122 Å². The molecule has 0 spiro atoms. The van der Waals surface area contributed by atoms with Gasteiger partial charge in [-0.2, -0.15) is 10.2 Å². The highest BCUT2D eigenvalue weighted by Crippen LogP contribution is 2.22. The van der Waals surface area contributed by atoms with Crippen LogP contribution < -0.4 is 11.5 Å². The van der Waals surface area contributed by atoms with E-state index in [4.69, 9.17) is 11.5 Å². The van der Waals surface area contributed by atoms with Gasteiger partial charge in [0.15, 0.2) is 10.3 Å². The zero-order valence-corrected chi connectivity index (χ0v) is 14.1. The van der Waals surface area contributed by atoms with Crippen molar-refractivity contribution in [2.24, 2.45) is 31.9 Å². The summed E-state index contributed by atoms with van der Waals surface area (Å²) in [6.45, 7) is 1.90. The fourth-order valence-corrected chi connectivity index (χ4v) is 1.67. The van der Waals surface area contributed by atoms with Gasteiger partial charge in [-0.3, -0.25) is 0 Å². The Balaban J connectivity index is 3.07. The van der Waals surface area contributed by atoms with E-state index in [1.807, 2.05) is 6.92 Å². The van der Waals surface area contributed by atoms with Gasteiger partial charge in [-0.05, 0) is 37.1 Å². The highest BCUT2D eigenvalue weighted by Gasteiger charge is 2.05. The smallest absolute Gasteiger partial charge is 0.180 e. The lowest BCUT2D eigenvalue weighted by molar-refractivity contribution is 0.473. The molecule has 0 atom stereocenters. The van der Waals surface area contributed by atoms with Crippen LogP contribution in [-0.4, -0.2) is 40.4 Å². The quantitative estimate of drug-likeness (QED) is 0.438. The summed E-state index contributed by atoms with van der Waals surface area (Å²) in [5.74, 6) is 0.0361. The van der Waals surface area contributed by atoms with Gasteiger partial charge in [0.1, 0.15) is 5.75 Å². The Morgan fingerprint density at radius 3 is 1.77 bits per heavy atom. The van der Waals surface area contributed by atoms with Gasteiger partial charge in [0.05, 0.1) is 12.4 Å². The van der Waals surface area contributed by atoms with Crippen LogP contribution in [0, 0.1) is 6.92 Å². The maximum absolute atomic E-state index is 10.2. The van der Waals surface area contributed by atoms with E-state index in [2.05, 4.69) is 20.4 Å². The SMILES string of the molecule is CSC(N)=NN=Cc1cc(C)cc(/C=N/N=C(N)SC)c1O. The van der Waals surface area contributed by atoms with Gasteiger partial charge in [-0.1, -0.05) is 23.5 Å². The molecule has 0 aliphatic heterocycles. The first-order chi connectivity index (χ1) is 10.5. The molecule has 1 aromatic carbocycles. The summed E-state index contributed by atoms with van der Waals surface area (Å²) in [5, 5.41) is 26.1. The number of phenolic OH excluding ortho intramolecular Hbond substituents is 1. The second kappa shape index (κ2) is 9.11. The number of nitrogens with two attached hydrogens (primary N) is 2. The minimum atomic E-state index is 0.0361. The molecular formula is C13H18N6OS2. The number of aryl methyl sites for hydroxylation is 1. The van der Waals surface area contributed by atoms with Gasteiger partial charge in [0.2, 0.25) is 0 Å². The molecule has 0 saturated carbocycles. The van der Waals surface area contributed by atoms with Crippen molar-refractivity contribution >= 4 is 46.3 Å². The number of amidine groups is 2. The van der Waals surface area contributed by atoms with E-state index < -0.39 is 0 Å². The first kappa shape index (κ1) is 18.1. The number of hydrogen-bond acceptors (Lipinski definition) is 7. The monoisotopic (exact) mass is 338 g/mol. The standard InChI is InChI=1S/C13H18N6OS2/c1-8-4-9(6-16-18-12(14)21-2)11(20)10(5-8)7-17-19-13(15)22-3/h4-7,20H,1-3H3,(H2,14,18)(H2,15,19)/b16-6+,17-7?. The first-order valence-corrected chi connectivity index (χ1v) is 8.57. The van der Waals surface area contributed by atoms with Crippen molar-refractivity contribution < 1.29 is 5.11 Å². The number of thioether (sulfide) groups is 2. The van der Waals surface area contributed by atoms with Gasteiger partial charge in [0.25, 0.3) is 0 Å². The Morgan fingerprint density at radius 1 is 1.00 bits per heavy atom. The van der Waals surface area contributed by atoms with Crippen molar-refractivity contribution in [2.75, 3.05) is 12.5 Å². The molecule has 0 bridgehead atoms. The minimum Gasteiger partial charge on any atom is -0.507 e. The first-order valence-electron chi connectivity index (χ1n) is 6.12. The van der Waals surface area contributed by atoms with Crippen molar-refractivity contribution in [3.8, 4) is 5.75 Å². The fraction of sp³-hybridized carbons (Fsp3) is 0.231. The molecule has 0 fully saturated rings. The molecular weight excluding hydrogens is 320 g/mol. The molecule has 0 aliphatic rings. The van der Waals surface area contributed by atoms with Gasteiger partial charge >= 0.3 is 0 Å². The Bertz CT molecular complexity index is 588. The zero-order valence-electron chi connectivity index (χ0n) is 12.5. The second-order valence-corrected chi connectivity index (χ2v) is 5.72. The molecule has 0 unspecified atom stereocenters. The van der Waals surface area contributed by atoms with Gasteiger partial charge < -0.3 is 16.6 Å². The van der Waals surface area contributed by atoms with Crippen LogP contribution in [0.3, 0.4) is 0 Å². The average Bonchev–Trinajstić information content (AvgIpc) is 2.50. The molecule has 0 amide bonds. The molecule has 1 aromatic rings. The van der Waals surface area contributed by atoms with E-state index in [9.17, 15) is 5.11 Å². The molecule has 7 nitrogen and oxygen atoms in total. The summed E-state index contributed by atoms with van der Waals surface area (Å²) in [4.78, 5) is 0. The Morgan fingerprint density at radius 2 is 1.41 bits per heavy atom. The van der Waals surface area contributed by atoms with Crippen LogP contribution in [0.1, 0.15) is 16.7 Å². The molecule has 0 heterocycles. The highest BCUT2D eigenvalue weighted by molar-refractivity contribution is 8.13. The lowest BCUT2D eigenvalue weighted by Gasteiger charge is -2.04. The van der Waals surface area contributed by atoms with Crippen LogP contribution in [0.4, 0.5) is 0 Å². The van der Waals surface area contributed by atoms with Crippen LogP contribution >= 0.6 is 23.5 Å². The summed E-state index contributed by atoms with van der Waals surface area (Å²) in [6, 6.07) is 3.56. The lowest BCUT2D eigenvalue weighted by Crippen LogP contribution is -2.04. The molecule has 9 heteroatoms. The van der Waals surface area contributed by atoms with Crippen molar-refractivity contribution in [3.05, 3.63) is 28.8 Å². The largest absolute Gasteiger partial charge is 0.507 e. The van der Waals surface area contributed by atoms with Crippen LogP contribution in [0.25, 0.3) is 0 Å². The Hall–Kier alpha value is -2.00. The number of phenols is 1. The predicted octanol–water partition coefficient (Wildman–Crippen LogP) is 1.72. The van der Waals surface area contributed by atoms with Crippen molar-refractivity contribution in [1.82, 2.24) is 0 Å². The van der Waals surface area contributed by atoms with Crippen molar-refractivity contribution in [3.63, 3.8) is 0 Å². The maximum Gasteiger partial charge on any atom is 0.180 e. The second-order valence-electron chi connectivity index (χ2n) is 4.07. The maximum atomic E-state index is 10.2. The summed E-state index contributed by atoms with van der Waals surface area (Å²) < 4.78 is 0.